The summed E-state index contributed by atoms with van der Waals surface area (Å²) >= 11 is 0. The molecule has 0 atom stereocenters. The SMILES string of the molecule is c1ccc(-c2cc(-c3ccccc3)cc(N(c3ccccc3)c3ccc4c5c(cccc35)-c3ccc(-c5ccccc5)cc3O4)c2)cc1. The fourth-order valence-electron chi connectivity index (χ4n) is 6.96. The quantitative estimate of drug-likeness (QED) is 0.185. The Labute approximate surface area is 280 Å². The van der Waals surface area contributed by atoms with E-state index in [4.69, 9.17) is 4.74 Å². The molecule has 0 saturated heterocycles. The van der Waals surface area contributed by atoms with Crippen molar-refractivity contribution >= 4 is 27.8 Å². The van der Waals surface area contributed by atoms with Crippen LogP contribution in [0, 0.1) is 0 Å². The van der Waals surface area contributed by atoms with E-state index in [1.54, 1.807) is 0 Å². The largest absolute Gasteiger partial charge is 0.456 e. The van der Waals surface area contributed by atoms with Crippen molar-refractivity contribution in [2.45, 2.75) is 0 Å². The van der Waals surface area contributed by atoms with Gasteiger partial charge in [-0.15, -0.1) is 0 Å². The van der Waals surface area contributed by atoms with Gasteiger partial charge in [0.2, 0.25) is 0 Å². The molecule has 1 aliphatic heterocycles. The summed E-state index contributed by atoms with van der Waals surface area (Å²) in [4.78, 5) is 2.38. The van der Waals surface area contributed by atoms with E-state index >= 15 is 0 Å². The van der Waals surface area contributed by atoms with Crippen LogP contribution in [0.15, 0.2) is 188 Å². The predicted octanol–water partition coefficient (Wildman–Crippen LogP) is 13.1. The molecule has 2 heteroatoms. The Morgan fingerprint density at radius 3 is 1.54 bits per heavy atom. The van der Waals surface area contributed by atoms with Crippen molar-refractivity contribution in [3.63, 3.8) is 0 Å². The van der Waals surface area contributed by atoms with Crippen LogP contribution in [0.25, 0.3) is 55.3 Å². The number of rotatable bonds is 6. The van der Waals surface area contributed by atoms with Gasteiger partial charge in [-0.2, -0.15) is 0 Å². The topological polar surface area (TPSA) is 12.5 Å². The number of fused-ring (bicyclic) bond motifs is 2. The average Bonchev–Trinajstić information content (AvgIpc) is 3.17. The van der Waals surface area contributed by atoms with Crippen LogP contribution < -0.4 is 9.64 Å². The second-order valence-electron chi connectivity index (χ2n) is 12.2. The summed E-state index contributed by atoms with van der Waals surface area (Å²) in [5.74, 6) is 1.75. The van der Waals surface area contributed by atoms with E-state index in [-0.39, 0.29) is 0 Å². The minimum atomic E-state index is 0.873. The summed E-state index contributed by atoms with van der Waals surface area (Å²) in [5.41, 5.74) is 12.6. The standard InChI is InChI=1S/C46H31NO/c1-5-14-32(15-6-1)35-24-25-40-41-22-13-23-42-43(26-27-44(46(41)42)48-45(40)31-35)47(38-20-11-4-12-21-38)39-29-36(33-16-7-2-8-17-33)28-37(30-39)34-18-9-3-10-19-34/h1-31H. The molecule has 8 aromatic carbocycles. The van der Waals surface area contributed by atoms with E-state index in [1.807, 2.05) is 6.07 Å². The Kier molecular flexibility index (Phi) is 6.84. The maximum atomic E-state index is 6.69. The van der Waals surface area contributed by atoms with E-state index in [9.17, 15) is 0 Å². The van der Waals surface area contributed by atoms with Crippen LogP contribution in [-0.2, 0) is 0 Å². The third-order valence-electron chi connectivity index (χ3n) is 9.22. The Morgan fingerprint density at radius 1 is 0.333 bits per heavy atom. The highest BCUT2D eigenvalue weighted by molar-refractivity contribution is 6.11. The van der Waals surface area contributed by atoms with Crippen molar-refractivity contribution in [2.24, 2.45) is 0 Å². The summed E-state index contributed by atoms with van der Waals surface area (Å²) in [6.45, 7) is 0. The van der Waals surface area contributed by atoms with Crippen molar-refractivity contribution in [3.05, 3.63) is 188 Å². The zero-order chi connectivity index (χ0) is 31.9. The molecule has 48 heavy (non-hydrogen) atoms. The van der Waals surface area contributed by atoms with Gasteiger partial charge in [0.25, 0.3) is 0 Å². The lowest BCUT2D eigenvalue weighted by atomic mass is 9.91. The van der Waals surface area contributed by atoms with Crippen molar-refractivity contribution in [3.8, 4) is 56.0 Å². The Hall–Kier alpha value is -6.38. The van der Waals surface area contributed by atoms with E-state index in [2.05, 4.69) is 187 Å². The van der Waals surface area contributed by atoms with Crippen LogP contribution >= 0.6 is 0 Å². The monoisotopic (exact) mass is 613 g/mol. The molecular weight excluding hydrogens is 583 g/mol. The Bertz CT molecular complexity index is 2340. The molecule has 0 aromatic heterocycles. The third-order valence-corrected chi connectivity index (χ3v) is 9.22. The average molecular weight is 614 g/mol. The summed E-state index contributed by atoms with van der Waals surface area (Å²) in [6, 6.07) is 66.8. The summed E-state index contributed by atoms with van der Waals surface area (Å²) in [7, 11) is 0. The molecule has 0 saturated carbocycles. The molecule has 0 aliphatic carbocycles. The van der Waals surface area contributed by atoms with Crippen LogP contribution in [0.3, 0.4) is 0 Å². The highest BCUT2D eigenvalue weighted by atomic mass is 16.5. The zero-order valence-electron chi connectivity index (χ0n) is 26.3. The molecule has 0 N–H and O–H groups in total. The molecule has 0 bridgehead atoms. The predicted molar refractivity (Wildman–Crippen MR) is 200 cm³/mol. The van der Waals surface area contributed by atoms with Crippen LogP contribution in [0.1, 0.15) is 0 Å². The van der Waals surface area contributed by atoms with Crippen LogP contribution in [0.4, 0.5) is 17.1 Å². The van der Waals surface area contributed by atoms with E-state index < -0.39 is 0 Å². The normalized spacial score (nSPS) is 11.5. The zero-order valence-corrected chi connectivity index (χ0v) is 26.3. The van der Waals surface area contributed by atoms with E-state index in [1.165, 1.54) is 33.4 Å². The second-order valence-corrected chi connectivity index (χ2v) is 12.2. The molecular formula is C46H31NO. The van der Waals surface area contributed by atoms with Gasteiger partial charge < -0.3 is 9.64 Å². The number of benzene rings is 8. The first kappa shape index (κ1) is 27.9. The molecule has 0 amide bonds. The van der Waals surface area contributed by atoms with Gasteiger partial charge in [0.1, 0.15) is 11.5 Å². The maximum Gasteiger partial charge on any atom is 0.136 e. The van der Waals surface area contributed by atoms with Crippen LogP contribution in [0.5, 0.6) is 11.5 Å². The number of hydrogen-bond acceptors (Lipinski definition) is 2. The maximum absolute atomic E-state index is 6.69. The van der Waals surface area contributed by atoms with Crippen LogP contribution in [0.2, 0.25) is 0 Å². The highest BCUT2D eigenvalue weighted by Crippen LogP contribution is 2.51. The van der Waals surface area contributed by atoms with Gasteiger partial charge in [-0.05, 0) is 93.5 Å². The minimum Gasteiger partial charge on any atom is -0.456 e. The molecule has 0 spiro atoms. The van der Waals surface area contributed by atoms with Gasteiger partial charge in [0.05, 0.1) is 5.69 Å². The molecule has 0 radical (unpaired) electrons. The summed E-state index contributed by atoms with van der Waals surface area (Å²) < 4.78 is 6.69. The molecule has 226 valence electrons. The van der Waals surface area contributed by atoms with Crippen molar-refractivity contribution in [1.82, 2.24) is 0 Å². The Morgan fingerprint density at radius 2 is 0.917 bits per heavy atom. The first-order valence-corrected chi connectivity index (χ1v) is 16.3. The third kappa shape index (κ3) is 4.92. The summed E-state index contributed by atoms with van der Waals surface area (Å²) in [6.07, 6.45) is 0. The summed E-state index contributed by atoms with van der Waals surface area (Å²) in [5, 5.41) is 2.26. The van der Waals surface area contributed by atoms with Crippen molar-refractivity contribution < 1.29 is 4.74 Å². The van der Waals surface area contributed by atoms with Gasteiger partial charge in [-0.3, -0.25) is 0 Å². The molecule has 0 unspecified atom stereocenters. The lowest BCUT2D eigenvalue weighted by molar-refractivity contribution is 0.487. The molecule has 1 aliphatic rings. The van der Waals surface area contributed by atoms with Crippen LogP contribution in [-0.4, -0.2) is 0 Å². The first-order chi connectivity index (χ1) is 23.8. The number of hydrogen-bond donors (Lipinski definition) is 0. The molecule has 1 heterocycles. The first-order valence-electron chi connectivity index (χ1n) is 16.3. The number of ether oxygens (including phenoxy) is 1. The Balaban J connectivity index is 1.25. The van der Waals surface area contributed by atoms with Crippen molar-refractivity contribution in [2.75, 3.05) is 4.90 Å². The van der Waals surface area contributed by atoms with E-state index in [0.29, 0.717) is 0 Å². The molecule has 0 fully saturated rings. The lowest BCUT2D eigenvalue weighted by Crippen LogP contribution is -2.11. The van der Waals surface area contributed by atoms with Crippen molar-refractivity contribution in [1.29, 1.82) is 0 Å². The minimum absolute atomic E-state index is 0.873. The van der Waals surface area contributed by atoms with Gasteiger partial charge >= 0.3 is 0 Å². The van der Waals surface area contributed by atoms with Gasteiger partial charge in [-0.25, -0.2) is 0 Å². The smallest absolute Gasteiger partial charge is 0.136 e. The molecule has 9 rings (SSSR count). The van der Waals surface area contributed by atoms with Gasteiger partial charge in [-0.1, -0.05) is 133 Å². The number of nitrogens with zero attached hydrogens (tertiary/aromatic N) is 1. The van der Waals surface area contributed by atoms with E-state index in [0.717, 1.165) is 50.5 Å². The molecule has 2 nitrogen and oxygen atoms in total. The molecule has 8 aromatic rings. The fraction of sp³-hybridized carbons (Fsp3) is 0. The highest BCUT2D eigenvalue weighted by Gasteiger charge is 2.25. The number of para-hydroxylation sites is 1. The second kappa shape index (κ2) is 11.8. The van der Waals surface area contributed by atoms with Gasteiger partial charge in [0, 0.05) is 27.7 Å². The van der Waals surface area contributed by atoms with Gasteiger partial charge in [0.15, 0.2) is 0 Å². The lowest BCUT2D eigenvalue weighted by Gasteiger charge is -2.30. The fourth-order valence-corrected chi connectivity index (χ4v) is 6.96. The number of anilines is 3.